The van der Waals surface area contributed by atoms with E-state index in [9.17, 15) is 0 Å². The molecular formula is C33H41Cl3Si2Ti. The number of allylic oxidation sites excluding steroid dienone is 4. The molecule has 0 aromatic heterocycles. The second-order valence-corrected chi connectivity index (χ2v) is 21.3. The molecule has 0 radical (unpaired) electrons. The van der Waals surface area contributed by atoms with E-state index in [0.717, 1.165) is 0 Å². The second-order valence-electron chi connectivity index (χ2n) is 12.0. The van der Waals surface area contributed by atoms with Gasteiger partial charge in [0, 0.05) is 0 Å². The van der Waals surface area contributed by atoms with Crippen molar-refractivity contribution < 1.29 is 58.9 Å². The summed E-state index contributed by atoms with van der Waals surface area (Å²) in [6, 6.07) is 26.3. The van der Waals surface area contributed by atoms with Gasteiger partial charge in [0.05, 0.1) is 8.07 Å². The van der Waals surface area contributed by atoms with Crippen LogP contribution in [0, 0.1) is 26.8 Å². The molecule has 39 heavy (non-hydrogen) atoms. The van der Waals surface area contributed by atoms with Gasteiger partial charge in [0.15, 0.2) is 0 Å². The molecule has 1 atom stereocenters. The van der Waals surface area contributed by atoms with Crippen LogP contribution in [0.15, 0.2) is 83.4 Å². The van der Waals surface area contributed by atoms with Crippen LogP contribution in [-0.2, 0) is 21.7 Å². The first-order chi connectivity index (χ1) is 16.3. The molecule has 0 N–H and O–H groups in total. The minimum Gasteiger partial charge on any atom is -1.00 e. The third kappa shape index (κ3) is 6.64. The summed E-state index contributed by atoms with van der Waals surface area (Å²) in [5.74, 6) is 0. The van der Waals surface area contributed by atoms with Crippen LogP contribution < -0.4 is 58.0 Å². The molecule has 0 saturated heterocycles. The number of benzene rings is 3. The summed E-state index contributed by atoms with van der Waals surface area (Å²) in [6.07, 6.45) is 4.10. The molecule has 0 heterocycles. The second kappa shape index (κ2) is 13.9. The van der Waals surface area contributed by atoms with Gasteiger partial charge >= 0.3 is 21.7 Å². The van der Waals surface area contributed by atoms with Crippen molar-refractivity contribution >= 4 is 36.9 Å². The molecule has 0 bridgehead atoms. The summed E-state index contributed by atoms with van der Waals surface area (Å²) in [7, 11) is -4.16. The van der Waals surface area contributed by atoms with Gasteiger partial charge in [0.1, 0.15) is 8.07 Å². The third-order valence-electron chi connectivity index (χ3n) is 8.34. The fourth-order valence-corrected chi connectivity index (χ4v) is 13.8. The van der Waals surface area contributed by atoms with E-state index in [1.807, 2.05) is 0 Å². The first-order valence-electron chi connectivity index (χ1n) is 12.9. The topological polar surface area (TPSA) is 0 Å². The Kier molecular flexibility index (Phi) is 13.6. The molecule has 0 spiro atoms. The van der Waals surface area contributed by atoms with Crippen LogP contribution >= 0.6 is 0 Å². The normalized spacial score (nSPS) is 16.8. The van der Waals surface area contributed by atoms with Crippen molar-refractivity contribution in [2.24, 2.45) is 0 Å². The van der Waals surface area contributed by atoms with Gasteiger partial charge in [-0.05, 0) is 36.3 Å². The maximum Gasteiger partial charge on any atom is 4.00 e. The maximum absolute atomic E-state index is 4.10. The zero-order chi connectivity index (χ0) is 25.8. The quantitative estimate of drug-likeness (QED) is 0.163. The molecule has 206 valence electrons. The SMILES string of the molecule is CC1=[C-]C(C)([Si](c2cccc(C)c2)(c2cccc(C)c2)c2cc(C)cc([Si](C)(C)C)c2)C(C)=C1C.[Cl-].[Cl-].[Cl-].[Ti+4]. The van der Waals surface area contributed by atoms with Crippen molar-refractivity contribution in [1.82, 2.24) is 0 Å². The van der Waals surface area contributed by atoms with Crippen LogP contribution in [0.2, 0.25) is 24.7 Å². The molecule has 4 rings (SSSR count). The Morgan fingerprint density at radius 1 is 0.590 bits per heavy atom. The van der Waals surface area contributed by atoms with Crippen LogP contribution in [0.25, 0.3) is 0 Å². The zero-order valence-corrected chi connectivity index (χ0v) is 30.8. The molecule has 3 aromatic rings. The van der Waals surface area contributed by atoms with Crippen LogP contribution in [-0.4, -0.2) is 16.1 Å². The summed E-state index contributed by atoms with van der Waals surface area (Å²) in [5.41, 5.74) is 8.21. The van der Waals surface area contributed by atoms with Crippen LogP contribution in [0.1, 0.15) is 44.4 Å². The van der Waals surface area contributed by atoms with Crippen molar-refractivity contribution in [3.63, 3.8) is 0 Å². The van der Waals surface area contributed by atoms with Gasteiger partial charge in [-0.15, -0.1) is 6.92 Å². The summed E-state index contributed by atoms with van der Waals surface area (Å²) in [4.78, 5) is 0. The van der Waals surface area contributed by atoms with E-state index in [-0.39, 0.29) is 64.0 Å². The Bertz CT molecular complexity index is 1330. The zero-order valence-electron chi connectivity index (χ0n) is 25.0. The molecule has 1 aliphatic rings. The first kappa shape index (κ1) is 38.2. The predicted octanol–water partition coefficient (Wildman–Crippen LogP) is -2.50. The Morgan fingerprint density at radius 2 is 1.03 bits per heavy atom. The standard InChI is InChI=1S/C33H41Si2.3ClH.Ti/c1-23-13-11-15-29(17-23)35(30-16-12-14-24(2)18-30,33(7)22-26(4)27(5)28(33)6)32-20-25(3)19-31(21-32)34(8,9)10;;;;/h11-21H,1-10H3;3*1H;/q-1;;;;+4/p-3. The number of aryl methyl sites for hydroxylation is 3. The van der Waals surface area contributed by atoms with Crippen molar-refractivity contribution in [3.8, 4) is 0 Å². The predicted molar refractivity (Wildman–Crippen MR) is 160 cm³/mol. The summed E-state index contributed by atoms with van der Waals surface area (Å²) >= 11 is 0. The summed E-state index contributed by atoms with van der Waals surface area (Å²) in [6.45, 7) is 23.5. The number of rotatable bonds is 5. The van der Waals surface area contributed by atoms with E-state index < -0.39 is 16.1 Å². The van der Waals surface area contributed by atoms with Gasteiger partial charge in [-0.3, -0.25) is 6.08 Å². The Morgan fingerprint density at radius 3 is 1.41 bits per heavy atom. The van der Waals surface area contributed by atoms with Crippen LogP contribution in [0.4, 0.5) is 0 Å². The van der Waals surface area contributed by atoms with E-state index in [1.54, 1.807) is 5.19 Å². The van der Waals surface area contributed by atoms with E-state index in [0.29, 0.717) is 0 Å². The molecule has 1 aliphatic carbocycles. The van der Waals surface area contributed by atoms with E-state index in [1.165, 1.54) is 49.0 Å². The molecule has 0 aliphatic heterocycles. The van der Waals surface area contributed by atoms with Gasteiger partial charge in [-0.1, -0.05) is 134 Å². The monoisotopic (exact) mass is 646 g/mol. The minimum absolute atomic E-state index is 0. The summed E-state index contributed by atoms with van der Waals surface area (Å²) < 4.78 is 0. The van der Waals surface area contributed by atoms with Crippen molar-refractivity contribution in [2.45, 2.75) is 73.1 Å². The van der Waals surface area contributed by atoms with Gasteiger partial charge in [-0.25, -0.2) is 5.57 Å². The smallest absolute Gasteiger partial charge is 1.00 e. The van der Waals surface area contributed by atoms with Crippen molar-refractivity contribution in [3.05, 3.63) is 106 Å². The summed E-state index contributed by atoms with van der Waals surface area (Å²) in [5, 5.41) is 5.83. The number of halogens is 3. The van der Waals surface area contributed by atoms with E-state index in [4.69, 9.17) is 0 Å². The van der Waals surface area contributed by atoms with Crippen molar-refractivity contribution in [1.29, 1.82) is 0 Å². The van der Waals surface area contributed by atoms with Gasteiger partial charge in [-0.2, -0.15) is 11.1 Å². The largest absolute Gasteiger partial charge is 4.00 e. The molecule has 0 saturated carbocycles. The molecule has 0 amide bonds. The van der Waals surface area contributed by atoms with Gasteiger partial charge in [0.2, 0.25) is 0 Å². The minimum atomic E-state index is -2.63. The van der Waals surface area contributed by atoms with Gasteiger partial charge < -0.3 is 37.2 Å². The Balaban J connectivity index is 0.00000361. The van der Waals surface area contributed by atoms with Gasteiger partial charge in [0.25, 0.3) is 0 Å². The third-order valence-corrected chi connectivity index (χ3v) is 15.9. The Labute approximate surface area is 273 Å². The number of hydrogen-bond acceptors (Lipinski definition) is 0. The number of hydrogen-bond donors (Lipinski definition) is 0. The molecular weight excluding hydrogens is 607 g/mol. The molecule has 3 aromatic carbocycles. The van der Waals surface area contributed by atoms with Crippen LogP contribution in [0.3, 0.4) is 0 Å². The Hall–Kier alpha value is -0.842. The van der Waals surface area contributed by atoms with E-state index >= 15 is 0 Å². The average molecular weight is 648 g/mol. The molecule has 1 unspecified atom stereocenters. The van der Waals surface area contributed by atoms with Crippen molar-refractivity contribution in [2.75, 3.05) is 0 Å². The molecule has 0 fully saturated rings. The molecule has 0 nitrogen and oxygen atoms in total. The fraction of sp³-hybridized carbons (Fsp3) is 0.333. The maximum atomic E-state index is 4.10. The first-order valence-corrected chi connectivity index (χ1v) is 18.4. The molecule has 6 heteroatoms. The average Bonchev–Trinajstić information content (AvgIpc) is 2.97. The fourth-order valence-electron chi connectivity index (χ4n) is 6.15. The van der Waals surface area contributed by atoms with E-state index in [2.05, 4.69) is 141 Å². The van der Waals surface area contributed by atoms with Crippen LogP contribution in [0.5, 0.6) is 0 Å².